The molecule has 1 aromatic heterocycles. The van der Waals surface area contributed by atoms with E-state index in [1.165, 1.54) is 11.2 Å². The number of benzene rings is 1. The lowest BCUT2D eigenvalue weighted by Gasteiger charge is -2.33. The summed E-state index contributed by atoms with van der Waals surface area (Å²) in [5, 5.41) is 12.4. The van der Waals surface area contributed by atoms with Gasteiger partial charge >= 0.3 is 0 Å². The van der Waals surface area contributed by atoms with E-state index in [2.05, 4.69) is 22.3 Å². The van der Waals surface area contributed by atoms with Gasteiger partial charge in [-0.3, -0.25) is 4.79 Å². The summed E-state index contributed by atoms with van der Waals surface area (Å²) in [6.45, 7) is 5.10. The second-order valence-electron chi connectivity index (χ2n) is 5.89. The van der Waals surface area contributed by atoms with E-state index < -0.39 is 0 Å². The van der Waals surface area contributed by atoms with Crippen LogP contribution < -0.4 is 0 Å². The van der Waals surface area contributed by atoms with E-state index in [-0.39, 0.29) is 12.5 Å². The third kappa shape index (κ3) is 3.00. The first kappa shape index (κ1) is 14.7. The average molecular weight is 299 g/mol. The van der Waals surface area contributed by atoms with Crippen LogP contribution in [0.2, 0.25) is 0 Å². The maximum Gasteiger partial charge on any atom is 0.246 e. The molecule has 1 atom stereocenters. The SMILES string of the molecule is Cc1ccccc1-c1nnn(CC(=O)N2CCCCC2C)n1. The number of tetrazole rings is 1. The first-order valence-electron chi connectivity index (χ1n) is 7.78. The molecule has 116 valence electrons. The Bertz CT molecular complexity index is 666. The van der Waals surface area contributed by atoms with Gasteiger partial charge in [0.1, 0.15) is 6.54 Å². The van der Waals surface area contributed by atoms with Crippen molar-refractivity contribution in [3.8, 4) is 11.4 Å². The molecule has 3 rings (SSSR count). The molecule has 1 aliphatic rings. The molecule has 0 bridgehead atoms. The minimum Gasteiger partial charge on any atom is -0.338 e. The molecule has 0 aliphatic carbocycles. The molecule has 0 N–H and O–H groups in total. The predicted octanol–water partition coefficient (Wildman–Crippen LogP) is 2.05. The smallest absolute Gasteiger partial charge is 0.246 e. The highest BCUT2D eigenvalue weighted by Crippen LogP contribution is 2.19. The third-order valence-electron chi connectivity index (χ3n) is 4.24. The number of likely N-dealkylation sites (tertiary alicyclic amines) is 1. The van der Waals surface area contributed by atoms with Crippen molar-refractivity contribution in [1.29, 1.82) is 0 Å². The Hall–Kier alpha value is -2.24. The van der Waals surface area contributed by atoms with Crippen LogP contribution in [0.15, 0.2) is 24.3 Å². The molecule has 1 saturated heterocycles. The highest BCUT2D eigenvalue weighted by atomic mass is 16.2. The van der Waals surface area contributed by atoms with Crippen LogP contribution in [-0.2, 0) is 11.3 Å². The Morgan fingerprint density at radius 2 is 2.14 bits per heavy atom. The number of nitrogens with zero attached hydrogens (tertiary/aromatic N) is 5. The molecule has 1 amide bonds. The summed E-state index contributed by atoms with van der Waals surface area (Å²) in [5.74, 6) is 0.638. The normalized spacial score (nSPS) is 18.5. The van der Waals surface area contributed by atoms with Crippen molar-refractivity contribution < 1.29 is 4.79 Å². The van der Waals surface area contributed by atoms with Crippen LogP contribution in [0.25, 0.3) is 11.4 Å². The highest BCUT2D eigenvalue weighted by molar-refractivity contribution is 5.76. The predicted molar refractivity (Wildman–Crippen MR) is 83.0 cm³/mol. The summed E-state index contributed by atoms with van der Waals surface area (Å²) in [5.41, 5.74) is 2.05. The number of aryl methyl sites for hydroxylation is 1. The maximum absolute atomic E-state index is 12.4. The zero-order valence-electron chi connectivity index (χ0n) is 13.1. The van der Waals surface area contributed by atoms with Gasteiger partial charge < -0.3 is 4.90 Å². The van der Waals surface area contributed by atoms with Crippen LogP contribution in [0.4, 0.5) is 0 Å². The van der Waals surface area contributed by atoms with Crippen LogP contribution in [0.5, 0.6) is 0 Å². The van der Waals surface area contributed by atoms with Gasteiger partial charge in [-0.25, -0.2) is 0 Å². The summed E-state index contributed by atoms with van der Waals surface area (Å²) in [7, 11) is 0. The molecule has 6 nitrogen and oxygen atoms in total. The molecular weight excluding hydrogens is 278 g/mol. The van der Waals surface area contributed by atoms with E-state index >= 15 is 0 Å². The van der Waals surface area contributed by atoms with Gasteiger partial charge in [-0.2, -0.15) is 4.80 Å². The molecule has 0 saturated carbocycles. The minimum absolute atomic E-state index is 0.0703. The number of amides is 1. The largest absolute Gasteiger partial charge is 0.338 e. The van der Waals surface area contributed by atoms with Crippen LogP contribution in [0.3, 0.4) is 0 Å². The number of hydrogen-bond acceptors (Lipinski definition) is 4. The van der Waals surface area contributed by atoms with E-state index in [1.807, 2.05) is 36.1 Å². The molecule has 1 aliphatic heterocycles. The molecule has 0 radical (unpaired) electrons. The highest BCUT2D eigenvalue weighted by Gasteiger charge is 2.24. The van der Waals surface area contributed by atoms with Gasteiger partial charge in [0.05, 0.1) is 0 Å². The van der Waals surface area contributed by atoms with Crippen LogP contribution in [-0.4, -0.2) is 43.6 Å². The Labute approximate surface area is 130 Å². The Balaban J connectivity index is 1.72. The van der Waals surface area contributed by atoms with Gasteiger partial charge in [-0.1, -0.05) is 24.3 Å². The van der Waals surface area contributed by atoms with Gasteiger partial charge in [-0.15, -0.1) is 10.2 Å². The summed E-state index contributed by atoms with van der Waals surface area (Å²) in [4.78, 5) is 15.7. The zero-order chi connectivity index (χ0) is 15.5. The van der Waals surface area contributed by atoms with Crippen LogP contribution in [0, 0.1) is 6.92 Å². The minimum atomic E-state index is 0.0703. The fourth-order valence-electron chi connectivity index (χ4n) is 2.92. The summed E-state index contributed by atoms with van der Waals surface area (Å²) in [6, 6.07) is 8.20. The molecule has 6 heteroatoms. The lowest BCUT2D eigenvalue weighted by atomic mass is 10.0. The fourth-order valence-corrected chi connectivity index (χ4v) is 2.92. The first-order chi connectivity index (χ1) is 10.6. The van der Waals surface area contributed by atoms with Crippen molar-refractivity contribution >= 4 is 5.91 Å². The fraction of sp³-hybridized carbons (Fsp3) is 0.500. The maximum atomic E-state index is 12.4. The van der Waals surface area contributed by atoms with E-state index in [0.717, 1.165) is 30.5 Å². The van der Waals surface area contributed by atoms with Crippen molar-refractivity contribution in [2.75, 3.05) is 6.54 Å². The van der Waals surface area contributed by atoms with Gasteiger partial charge in [0.25, 0.3) is 0 Å². The number of carbonyl (C=O) groups excluding carboxylic acids is 1. The quantitative estimate of drug-likeness (QED) is 0.870. The van der Waals surface area contributed by atoms with Gasteiger partial charge in [-0.05, 0) is 43.9 Å². The van der Waals surface area contributed by atoms with Crippen molar-refractivity contribution in [3.63, 3.8) is 0 Å². The number of aromatic nitrogens is 4. The van der Waals surface area contributed by atoms with Gasteiger partial charge in [0.2, 0.25) is 11.7 Å². The molecule has 1 unspecified atom stereocenters. The monoisotopic (exact) mass is 299 g/mol. The summed E-state index contributed by atoms with van der Waals surface area (Å²) in [6.07, 6.45) is 3.35. The number of carbonyl (C=O) groups is 1. The Kier molecular flexibility index (Phi) is 4.18. The van der Waals surface area contributed by atoms with E-state index in [9.17, 15) is 4.79 Å². The van der Waals surface area contributed by atoms with Crippen LogP contribution in [0.1, 0.15) is 31.7 Å². The van der Waals surface area contributed by atoms with Crippen molar-refractivity contribution in [1.82, 2.24) is 25.1 Å². The topological polar surface area (TPSA) is 63.9 Å². The summed E-state index contributed by atoms with van der Waals surface area (Å²) < 4.78 is 0. The lowest BCUT2D eigenvalue weighted by molar-refractivity contribution is -0.135. The number of hydrogen-bond donors (Lipinski definition) is 0. The Morgan fingerprint density at radius 1 is 1.32 bits per heavy atom. The molecule has 22 heavy (non-hydrogen) atoms. The number of rotatable bonds is 3. The number of piperidine rings is 1. The first-order valence-corrected chi connectivity index (χ1v) is 7.78. The van der Waals surface area contributed by atoms with E-state index in [4.69, 9.17) is 0 Å². The third-order valence-corrected chi connectivity index (χ3v) is 4.24. The van der Waals surface area contributed by atoms with Crippen LogP contribution >= 0.6 is 0 Å². The van der Waals surface area contributed by atoms with Crippen molar-refractivity contribution in [3.05, 3.63) is 29.8 Å². The lowest BCUT2D eigenvalue weighted by Crippen LogP contribution is -2.43. The molecule has 2 heterocycles. The van der Waals surface area contributed by atoms with Gasteiger partial charge in [0, 0.05) is 18.2 Å². The van der Waals surface area contributed by atoms with Gasteiger partial charge in [0.15, 0.2) is 0 Å². The average Bonchev–Trinajstić information content (AvgIpc) is 2.96. The van der Waals surface area contributed by atoms with E-state index in [1.54, 1.807) is 0 Å². The van der Waals surface area contributed by atoms with E-state index in [0.29, 0.717) is 11.9 Å². The van der Waals surface area contributed by atoms with Crippen molar-refractivity contribution in [2.45, 2.75) is 45.7 Å². The standard InChI is InChI=1S/C16H21N5O/c1-12-7-3-4-9-14(12)16-17-19-21(18-16)11-15(22)20-10-6-5-8-13(20)2/h3-4,7,9,13H,5-6,8,10-11H2,1-2H3. The molecule has 0 spiro atoms. The van der Waals surface area contributed by atoms with Crippen molar-refractivity contribution in [2.24, 2.45) is 0 Å². The Morgan fingerprint density at radius 3 is 2.91 bits per heavy atom. The second kappa shape index (κ2) is 6.25. The second-order valence-corrected chi connectivity index (χ2v) is 5.89. The molecule has 2 aromatic rings. The zero-order valence-corrected chi connectivity index (χ0v) is 13.1. The molecule has 1 aromatic carbocycles. The molecular formula is C16H21N5O. The summed E-state index contributed by atoms with van der Waals surface area (Å²) >= 11 is 0. The molecule has 1 fully saturated rings.